The summed E-state index contributed by atoms with van der Waals surface area (Å²) >= 11 is 0. The first kappa shape index (κ1) is 15.0. The number of fused-ring (bicyclic) bond motifs is 3. The number of hydrogen-bond donors (Lipinski definition) is 0. The maximum atomic E-state index is 10.6. The van der Waals surface area contributed by atoms with E-state index < -0.39 is 37.2 Å². The molecule has 8 nitrogen and oxygen atoms in total. The van der Waals surface area contributed by atoms with Crippen LogP contribution in [-0.2, 0) is 38.0 Å². The summed E-state index contributed by atoms with van der Waals surface area (Å²) in [5.41, 5.74) is 0. The Balaban J connectivity index is 1.74. The summed E-state index contributed by atoms with van der Waals surface area (Å²) in [6.07, 6.45) is -1.77. The van der Waals surface area contributed by atoms with Gasteiger partial charge in [0.1, 0.15) is 37.0 Å². The van der Waals surface area contributed by atoms with Gasteiger partial charge in [-0.1, -0.05) is 0 Å². The van der Waals surface area contributed by atoms with E-state index in [9.17, 15) is 9.59 Å². The average molecular weight is 302 g/mol. The highest BCUT2D eigenvalue weighted by Gasteiger charge is 2.55. The molecule has 0 aromatic rings. The molecule has 0 aliphatic carbocycles. The second kappa shape index (κ2) is 6.47. The molecule has 8 heteroatoms. The molecule has 0 aromatic carbocycles. The first-order valence-electron chi connectivity index (χ1n) is 6.90. The first-order chi connectivity index (χ1) is 10.3. The highest BCUT2D eigenvalue weighted by molar-refractivity contribution is 5.50. The van der Waals surface area contributed by atoms with Crippen molar-refractivity contribution in [1.29, 1.82) is 0 Å². The average Bonchev–Trinajstić information content (AvgIpc) is 2.91. The number of methoxy groups -OCH3 is 1. The van der Waals surface area contributed by atoms with Gasteiger partial charge in [-0.05, 0) is 0 Å². The van der Waals surface area contributed by atoms with Crippen molar-refractivity contribution in [2.24, 2.45) is 0 Å². The summed E-state index contributed by atoms with van der Waals surface area (Å²) in [5, 5.41) is 0. The smallest absolute Gasteiger partial charge is 0.186 e. The summed E-state index contributed by atoms with van der Waals surface area (Å²) in [4.78, 5) is 21.2. The molecule has 0 amide bonds. The highest BCUT2D eigenvalue weighted by Crippen LogP contribution is 2.37. The van der Waals surface area contributed by atoms with Crippen molar-refractivity contribution < 1.29 is 38.0 Å². The van der Waals surface area contributed by atoms with Gasteiger partial charge < -0.3 is 38.0 Å². The summed E-state index contributed by atoms with van der Waals surface area (Å²) in [6.45, 7) is 0.286. The molecule has 3 fully saturated rings. The third kappa shape index (κ3) is 2.87. The number of ether oxygens (including phenoxy) is 6. The van der Waals surface area contributed by atoms with Crippen LogP contribution in [0.3, 0.4) is 0 Å². The number of hydrogen-bond acceptors (Lipinski definition) is 8. The molecular formula is C13H18O8. The van der Waals surface area contributed by atoms with Crippen LogP contribution >= 0.6 is 0 Å². The Hall–Kier alpha value is -0.900. The van der Waals surface area contributed by atoms with Gasteiger partial charge in [-0.2, -0.15) is 0 Å². The Morgan fingerprint density at radius 1 is 0.952 bits per heavy atom. The van der Waals surface area contributed by atoms with Crippen LogP contribution in [0, 0.1) is 0 Å². The minimum absolute atomic E-state index is 0.134. The lowest BCUT2D eigenvalue weighted by Gasteiger charge is -2.45. The Morgan fingerprint density at radius 2 is 1.62 bits per heavy atom. The van der Waals surface area contributed by atoms with Crippen LogP contribution in [0.2, 0.25) is 0 Å². The number of rotatable bonds is 5. The third-order valence-electron chi connectivity index (χ3n) is 3.77. The molecule has 0 saturated carbocycles. The molecule has 3 aliphatic heterocycles. The van der Waals surface area contributed by atoms with E-state index in [2.05, 4.69) is 0 Å². The molecular weight excluding hydrogens is 284 g/mol. The fourth-order valence-corrected chi connectivity index (χ4v) is 2.86. The predicted molar refractivity (Wildman–Crippen MR) is 65.2 cm³/mol. The van der Waals surface area contributed by atoms with Gasteiger partial charge in [0.15, 0.2) is 18.9 Å². The van der Waals surface area contributed by atoms with Gasteiger partial charge in [0, 0.05) is 7.11 Å². The van der Waals surface area contributed by atoms with Gasteiger partial charge in [0.2, 0.25) is 0 Å². The van der Waals surface area contributed by atoms with Crippen LogP contribution in [0.4, 0.5) is 0 Å². The van der Waals surface area contributed by atoms with E-state index in [1.54, 1.807) is 0 Å². The first-order valence-corrected chi connectivity index (χ1v) is 6.90. The lowest BCUT2D eigenvalue weighted by molar-refractivity contribution is -0.339. The monoisotopic (exact) mass is 302 g/mol. The molecule has 3 aliphatic rings. The number of aldehydes is 2. The molecule has 21 heavy (non-hydrogen) atoms. The van der Waals surface area contributed by atoms with Gasteiger partial charge in [-0.15, -0.1) is 0 Å². The zero-order valence-corrected chi connectivity index (χ0v) is 11.6. The zero-order chi connectivity index (χ0) is 14.8. The number of carbonyl (C=O) groups excluding carboxylic acids is 2. The predicted octanol–water partition coefficient (Wildman–Crippen LogP) is -0.613. The summed E-state index contributed by atoms with van der Waals surface area (Å²) in [7, 11) is 1.51. The van der Waals surface area contributed by atoms with E-state index in [0.717, 1.165) is 12.6 Å². The van der Waals surface area contributed by atoms with Crippen molar-refractivity contribution in [2.45, 2.75) is 56.1 Å². The van der Waals surface area contributed by atoms with Gasteiger partial charge >= 0.3 is 0 Å². The quantitative estimate of drug-likeness (QED) is 0.621. The van der Waals surface area contributed by atoms with Crippen LogP contribution in [0.25, 0.3) is 0 Å². The number of carbonyl (C=O) groups is 2. The molecule has 0 spiro atoms. The van der Waals surface area contributed by atoms with E-state index in [1.165, 1.54) is 7.11 Å². The van der Waals surface area contributed by atoms with Gasteiger partial charge in [0.25, 0.3) is 0 Å². The summed E-state index contributed by atoms with van der Waals surface area (Å²) in [6, 6.07) is 0. The normalized spacial score (nSPS) is 45.7. The van der Waals surface area contributed by atoms with Crippen molar-refractivity contribution in [2.75, 3.05) is 13.7 Å². The minimum Gasteiger partial charge on any atom is -0.353 e. The van der Waals surface area contributed by atoms with E-state index in [-0.39, 0.29) is 25.6 Å². The molecule has 7 atom stereocenters. The van der Waals surface area contributed by atoms with Crippen LogP contribution in [0.1, 0.15) is 12.8 Å². The second-order valence-corrected chi connectivity index (χ2v) is 5.08. The van der Waals surface area contributed by atoms with Crippen molar-refractivity contribution in [3.63, 3.8) is 0 Å². The van der Waals surface area contributed by atoms with Gasteiger partial charge in [-0.25, -0.2) is 0 Å². The van der Waals surface area contributed by atoms with Crippen molar-refractivity contribution >= 4 is 12.6 Å². The maximum absolute atomic E-state index is 10.6. The summed E-state index contributed by atoms with van der Waals surface area (Å²) < 4.78 is 33.6. The standard InChI is InChI=1S/C13H18O8/c1-16-13-12-11(20-9(21-12)3-5-15)10-7(18-13)6-17-8(19-10)2-4-14/h4-5,7-13H,2-3,6H2,1H3. The van der Waals surface area contributed by atoms with E-state index in [1.807, 2.05) is 0 Å². The largest absolute Gasteiger partial charge is 0.353 e. The molecule has 0 N–H and O–H groups in total. The molecule has 118 valence electrons. The molecule has 7 unspecified atom stereocenters. The molecule has 3 heterocycles. The maximum Gasteiger partial charge on any atom is 0.186 e. The Labute approximate surface area is 121 Å². The van der Waals surface area contributed by atoms with Crippen LogP contribution < -0.4 is 0 Å². The minimum atomic E-state index is -0.631. The Bertz CT molecular complexity index is 388. The second-order valence-electron chi connectivity index (χ2n) is 5.08. The van der Waals surface area contributed by atoms with Crippen LogP contribution in [0.5, 0.6) is 0 Å². The lowest BCUT2D eigenvalue weighted by atomic mass is 9.98. The van der Waals surface area contributed by atoms with Crippen molar-refractivity contribution in [3.05, 3.63) is 0 Å². The fourth-order valence-electron chi connectivity index (χ4n) is 2.86. The van der Waals surface area contributed by atoms with E-state index in [0.29, 0.717) is 0 Å². The molecule has 3 rings (SSSR count). The van der Waals surface area contributed by atoms with Crippen molar-refractivity contribution in [3.8, 4) is 0 Å². The van der Waals surface area contributed by atoms with Gasteiger partial charge in [0.05, 0.1) is 19.4 Å². The SMILES string of the molecule is COC1OC2COC(CC=O)OC2C2OC(CC=O)OC12. The van der Waals surface area contributed by atoms with E-state index >= 15 is 0 Å². The fraction of sp³-hybridized carbons (Fsp3) is 0.846. The van der Waals surface area contributed by atoms with Crippen molar-refractivity contribution in [1.82, 2.24) is 0 Å². The Kier molecular flexibility index (Phi) is 4.63. The van der Waals surface area contributed by atoms with Crippen LogP contribution in [-0.4, -0.2) is 69.6 Å². The Morgan fingerprint density at radius 3 is 2.33 bits per heavy atom. The van der Waals surface area contributed by atoms with Crippen LogP contribution in [0.15, 0.2) is 0 Å². The topological polar surface area (TPSA) is 89.5 Å². The summed E-state index contributed by atoms with van der Waals surface area (Å²) in [5.74, 6) is 0. The lowest BCUT2D eigenvalue weighted by Crippen LogP contribution is -2.62. The molecule has 0 aromatic heterocycles. The van der Waals surface area contributed by atoms with Gasteiger partial charge in [-0.3, -0.25) is 0 Å². The molecule has 0 bridgehead atoms. The highest BCUT2D eigenvalue weighted by atomic mass is 16.8. The zero-order valence-electron chi connectivity index (χ0n) is 11.6. The molecule has 0 radical (unpaired) electrons. The third-order valence-corrected chi connectivity index (χ3v) is 3.77. The van der Waals surface area contributed by atoms with E-state index in [4.69, 9.17) is 28.4 Å². The molecule has 3 saturated heterocycles.